The van der Waals surface area contributed by atoms with Crippen molar-refractivity contribution in [3.63, 3.8) is 0 Å². The molecule has 1 N–H and O–H groups in total. The number of carbonyl (C=O) groups excluding carboxylic acids is 1. The highest BCUT2D eigenvalue weighted by atomic mass is 32.2. The van der Waals surface area contributed by atoms with Gasteiger partial charge in [-0.15, -0.1) is 0 Å². The average molecular weight is 403 g/mol. The molecular weight excluding hydrogens is 376 g/mol. The van der Waals surface area contributed by atoms with Crippen LogP contribution in [0.1, 0.15) is 34.5 Å². The van der Waals surface area contributed by atoms with Crippen LogP contribution in [0.25, 0.3) is 0 Å². The van der Waals surface area contributed by atoms with Gasteiger partial charge in [-0.05, 0) is 42.3 Å². The number of amides is 1. The molecular formula is C21H26N2O4S. The summed E-state index contributed by atoms with van der Waals surface area (Å²) in [6, 6.07) is 14.0. The summed E-state index contributed by atoms with van der Waals surface area (Å²) in [6.07, 6.45) is 1.18. The molecule has 0 spiro atoms. The number of ether oxygens (including phenoxy) is 1. The molecule has 7 heteroatoms. The summed E-state index contributed by atoms with van der Waals surface area (Å²) in [5, 5.41) is 2.98. The fourth-order valence-corrected chi connectivity index (χ4v) is 3.83. The van der Waals surface area contributed by atoms with Crippen LogP contribution in [-0.2, 0) is 21.1 Å². The number of nitrogens with one attached hydrogen (secondary N) is 1. The van der Waals surface area contributed by atoms with E-state index in [-0.39, 0.29) is 16.8 Å². The van der Waals surface area contributed by atoms with Crippen molar-refractivity contribution >= 4 is 15.7 Å². The molecule has 1 fully saturated rings. The Morgan fingerprint density at radius 1 is 1.14 bits per heavy atom. The zero-order chi connectivity index (χ0) is 20.1. The number of nitrogens with zero attached hydrogens (tertiary/aromatic N) is 1. The lowest BCUT2D eigenvalue weighted by atomic mass is 10.1. The Morgan fingerprint density at radius 2 is 1.82 bits per heavy atom. The van der Waals surface area contributed by atoms with E-state index in [1.165, 1.54) is 6.26 Å². The first kappa shape index (κ1) is 20.5. The molecule has 1 atom stereocenters. The normalized spacial score (nSPS) is 16.5. The molecule has 1 amide bonds. The summed E-state index contributed by atoms with van der Waals surface area (Å²) in [4.78, 5) is 15.2. The van der Waals surface area contributed by atoms with Crippen LogP contribution in [0.3, 0.4) is 0 Å². The highest BCUT2D eigenvalue weighted by Gasteiger charge is 2.15. The van der Waals surface area contributed by atoms with E-state index in [9.17, 15) is 13.2 Å². The van der Waals surface area contributed by atoms with E-state index in [4.69, 9.17) is 4.74 Å². The van der Waals surface area contributed by atoms with E-state index in [1.807, 2.05) is 25.1 Å². The Bertz CT molecular complexity index is 920. The smallest absolute Gasteiger partial charge is 0.251 e. The van der Waals surface area contributed by atoms with Gasteiger partial charge in [-0.25, -0.2) is 8.42 Å². The quantitative estimate of drug-likeness (QED) is 0.803. The summed E-state index contributed by atoms with van der Waals surface area (Å²) in [6.45, 7) is 5.97. The molecule has 28 heavy (non-hydrogen) atoms. The first-order valence-corrected chi connectivity index (χ1v) is 11.2. The minimum absolute atomic E-state index is 0.150. The van der Waals surface area contributed by atoms with Gasteiger partial charge in [0.2, 0.25) is 0 Å². The van der Waals surface area contributed by atoms with E-state index in [2.05, 4.69) is 10.2 Å². The number of rotatable bonds is 6. The maximum atomic E-state index is 12.7. The standard InChI is InChI=1S/C21H26N2O4S/c1-16(18-6-8-20(9-7-18)28(2,25)26)22-21(24)19-5-3-4-17(14-19)15-23-10-12-27-13-11-23/h3-9,14,16H,10-13,15H2,1-2H3,(H,22,24). The van der Waals surface area contributed by atoms with Gasteiger partial charge in [-0.2, -0.15) is 0 Å². The van der Waals surface area contributed by atoms with Crippen molar-refractivity contribution in [3.05, 3.63) is 65.2 Å². The van der Waals surface area contributed by atoms with E-state index in [0.29, 0.717) is 5.56 Å². The molecule has 0 aromatic heterocycles. The third kappa shape index (κ3) is 5.41. The van der Waals surface area contributed by atoms with Gasteiger partial charge in [0.05, 0.1) is 24.2 Å². The summed E-state index contributed by atoms with van der Waals surface area (Å²) >= 11 is 0. The van der Waals surface area contributed by atoms with Gasteiger partial charge in [0, 0.05) is 31.5 Å². The number of hydrogen-bond acceptors (Lipinski definition) is 5. The topological polar surface area (TPSA) is 75.7 Å². The van der Waals surface area contributed by atoms with E-state index >= 15 is 0 Å². The molecule has 0 aliphatic carbocycles. The second kappa shape index (κ2) is 8.86. The second-order valence-corrected chi connectivity index (χ2v) is 9.14. The van der Waals surface area contributed by atoms with Gasteiger partial charge in [0.15, 0.2) is 9.84 Å². The lowest BCUT2D eigenvalue weighted by Crippen LogP contribution is -2.35. The third-order valence-corrected chi connectivity index (χ3v) is 5.98. The largest absolute Gasteiger partial charge is 0.379 e. The predicted molar refractivity (Wildman–Crippen MR) is 108 cm³/mol. The summed E-state index contributed by atoms with van der Waals surface area (Å²) in [5.74, 6) is -0.150. The minimum atomic E-state index is -3.23. The van der Waals surface area contributed by atoms with E-state index < -0.39 is 9.84 Å². The Kier molecular flexibility index (Phi) is 6.49. The van der Waals surface area contributed by atoms with Crippen molar-refractivity contribution < 1.29 is 17.9 Å². The van der Waals surface area contributed by atoms with Crippen molar-refractivity contribution in [3.8, 4) is 0 Å². The lowest BCUT2D eigenvalue weighted by Gasteiger charge is -2.26. The van der Waals surface area contributed by atoms with Crippen molar-refractivity contribution in [1.82, 2.24) is 10.2 Å². The number of benzene rings is 2. The van der Waals surface area contributed by atoms with Crippen molar-refractivity contribution in [2.75, 3.05) is 32.6 Å². The molecule has 1 heterocycles. The first-order valence-electron chi connectivity index (χ1n) is 9.33. The van der Waals surface area contributed by atoms with Crippen LogP contribution in [0.5, 0.6) is 0 Å². The Balaban J connectivity index is 1.64. The molecule has 2 aromatic rings. The summed E-state index contributed by atoms with van der Waals surface area (Å²) in [7, 11) is -3.23. The molecule has 1 saturated heterocycles. The van der Waals surface area contributed by atoms with Crippen LogP contribution in [0.4, 0.5) is 0 Å². The van der Waals surface area contributed by atoms with E-state index in [0.717, 1.165) is 44.0 Å². The Labute approximate surface area is 166 Å². The summed E-state index contributed by atoms with van der Waals surface area (Å²) in [5.41, 5.74) is 2.57. The second-order valence-electron chi connectivity index (χ2n) is 7.13. The monoisotopic (exact) mass is 402 g/mol. The number of sulfone groups is 1. The van der Waals surface area contributed by atoms with Crippen LogP contribution in [-0.4, -0.2) is 51.8 Å². The zero-order valence-electron chi connectivity index (χ0n) is 16.2. The van der Waals surface area contributed by atoms with Crippen molar-refractivity contribution in [2.45, 2.75) is 24.4 Å². The zero-order valence-corrected chi connectivity index (χ0v) is 17.0. The molecule has 1 aliphatic heterocycles. The highest BCUT2D eigenvalue weighted by molar-refractivity contribution is 7.90. The first-order chi connectivity index (χ1) is 13.3. The molecule has 0 saturated carbocycles. The van der Waals surface area contributed by atoms with Crippen LogP contribution in [0.15, 0.2) is 53.4 Å². The predicted octanol–water partition coefficient (Wildman–Crippen LogP) is 2.41. The number of hydrogen-bond donors (Lipinski definition) is 1. The lowest BCUT2D eigenvalue weighted by molar-refractivity contribution is 0.0342. The maximum absolute atomic E-state index is 12.7. The van der Waals surface area contributed by atoms with Crippen LogP contribution >= 0.6 is 0 Å². The van der Waals surface area contributed by atoms with Crippen molar-refractivity contribution in [1.29, 1.82) is 0 Å². The average Bonchev–Trinajstić information content (AvgIpc) is 2.68. The number of carbonyl (C=O) groups is 1. The fraction of sp³-hybridized carbons (Fsp3) is 0.381. The van der Waals surface area contributed by atoms with Gasteiger partial charge in [-0.1, -0.05) is 24.3 Å². The minimum Gasteiger partial charge on any atom is -0.379 e. The summed E-state index contributed by atoms with van der Waals surface area (Å²) < 4.78 is 28.5. The maximum Gasteiger partial charge on any atom is 0.251 e. The SMILES string of the molecule is CC(NC(=O)c1cccc(CN2CCOCC2)c1)c1ccc(S(C)(=O)=O)cc1. The van der Waals surface area contributed by atoms with Gasteiger partial charge < -0.3 is 10.1 Å². The molecule has 3 rings (SSSR count). The molecule has 1 unspecified atom stereocenters. The van der Waals surface area contributed by atoms with Crippen LogP contribution in [0.2, 0.25) is 0 Å². The van der Waals surface area contributed by atoms with Gasteiger partial charge in [0.25, 0.3) is 5.91 Å². The number of morpholine rings is 1. The Hall–Kier alpha value is -2.22. The van der Waals surface area contributed by atoms with Gasteiger partial charge in [0.1, 0.15) is 0 Å². The molecule has 150 valence electrons. The molecule has 1 aliphatic rings. The fourth-order valence-electron chi connectivity index (χ4n) is 3.20. The molecule has 6 nitrogen and oxygen atoms in total. The highest BCUT2D eigenvalue weighted by Crippen LogP contribution is 2.17. The molecule has 2 aromatic carbocycles. The molecule has 0 radical (unpaired) electrons. The van der Waals surface area contributed by atoms with E-state index in [1.54, 1.807) is 30.3 Å². The third-order valence-electron chi connectivity index (χ3n) is 4.85. The van der Waals surface area contributed by atoms with Gasteiger partial charge in [-0.3, -0.25) is 9.69 Å². The Morgan fingerprint density at radius 3 is 2.46 bits per heavy atom. The molecule has 0 bridgehead atoms. The van der Waals surface area contributed by atoms with Crippen LogP contribution < -0.4 is 5.32 Å². The van der Waals surface area contributed by atoms with Gasteiger partial charge >= 0.3 is 0 Å². The van der Waals surface area contributed by atoms with Crippen LogP contribution in [0, 0.1) is 0 Å². The van der Waals surface area contributed by atoms with Crippen molar-refractivity contribution in [2.24, 2.45) is 0 Å².